The molecule has 1 heterocycles. The maximum absolute atomic E-state index is 11.9. The summed E-state index contributed by atoms with van der Waals surface area (Å²) in [7, 11) is 0. The average Bonchev–Trinajstić information content (AvgIpc) is 2.56. The van der Waals surface area contributed by atoms with Crippen LogP contribution in [0.25, 0.3) is 0 Å². The Morgan fingerprint density at radius 3 is 3.00 bits per heavy atom. The third-order valence-corrected chi connectivity index (χ3v) is 4.26. The molecule has 0 aromatic carbocycles. The molecule has 90 valence electrons. The predicted molar refractivity (Wildman–Crippen MR) is 64.0 cm³/mol. The number of carbonyl (C=O) groups excluding carboxylic acids is 1. The van der Waals surface area contributed by atoms with Crippen LogP contribution in [0.5, 0.6) is 0 Å². The van der Waals surface area contributed by atoms with Crippen LogP contribution in [-0.2, 0) is 9.53 Å². The van der Waals surface area contributed by atoms with Crippen LogP contribution >= 0.6 is 0 Å². The van der Waals surface area contributed by atoms with Crippen LogP contribution < -0.4 is 0 Å². The molecule has 0 N–H and O–H groups in total. The molecule has 0 bridgehead atoms. The fourth-order valence-electron chi connectivity index (χ4n) is 3.21. The van der Waals surface area contributed by atoms with Crippen molar-refractivity contribution in [1.82, 2.24) is 0 Å². The number of rotatable bonds is 3. The zero-order valence-corrected chi connectivity index (χ0v) is 10.3. The van der Waals surface area contributed by atoms with Gasteiger partial charge in [-0.1, -0.05) is 45.6 Å². The van der Waals surface area contributed by atoms with Gasteiger partial charge in [0.15, 0.2) is 0 Å². The molecule has 2 heteroatoms. The highest BCUT2D eigenvalue weighted by molar-refractivity contribution is 5.83. The lowest BCUT2D eigenvalue weighted by Crippen LogP contribution is -2.34. The number of hydrogen-bond acceptors (Lipinski definition) is 2. The van der Waals surface area contributed by atoms with Gasteiger partial charge in [0.05, 0.1) is 5.41 Å². The molecule has 1 aliphatic heterocycles. The summed E-state index contributed by atoms with van der Waals surface area (Å²) in [6.45, 7) is 6.73. The molecule has 0 aromatic rings. The molecule has 0 unspecified atom stereocenters. The Morgan fingerprint density at radius 2 is 2.38 bits per heavy atom. The zero-order valence-electron chi connectivity index (χ0n) is 10.3. The summed E-state index contributed by atoms with van der Waals surface area (Å²) >= 11 is 0. The van der Waals surface area contributed by atoms with Gasteiger partial charge in [-0.15, -0.1) is 0 Å². The van der Waals surface area contributed by atoms with E-state index in [0.717, 1.165) is 24.8 Å². The Morgan fingerprint density at radius 1 is 1.56 bits per heavy atom. The number of esters is 1. The number of unbranched alkanes of at least 4 members (excludes halogenated alkanes) is 1. The number of hydrogen-bond donors (Lipinski definition) is 0. The summed E-state index contributed by atoms with van der Waals surface area (Å²) in [4.78, 5) is 11.9. The predicted octanol–water partition coefficient (Wildman–Crippen LogP) is 3.47. The highest BCUT2D eigenvalue weighted by atomic mass is 16.5. The maximum atomic E-state index is 11.9. The Bertz CT molecular complexity index is 277. The third kappa shape index (κ3) is 1.90. The molecule has 0 aromatic heterocycles. The first-order valence-corrected chi connectivity index (χ1v) is 6.54. The summed E-state index contributed by atoms with van der Waals surface area (Å²) in [5.41, 5.74) is 0.732. The minimum Gasteiger partial charge on any atom is -0.460 e. The SMILES string of the molecule is C=C1COC(=O)[C@@]12CCC[C@@H](CCCC)C2. The van der Waals surface area contributed by atoms with E-state index in [1.807, 2.05) is 0 Å². The van der Waals surface area contributed by atoms with Gasteiger partial charge in [-0.25, -0.2) is 0 Å². The Balaban J connectivity index is 2.05. The van der Waals surface area contributed by atoms with Gasteiger partial charge in [-0.2, -0.15) is 0 Å². The van der Waals surface area contributed by atoms with Crippen molar-refractivity contribution in [2.75, 3.05) is 6.61 Å². The van der Waals surface area contributed by atoms with Crippen LogP contribution in [0.15, 0.2) is 12.2 Å². The number of cyclic esters (lactones) is 1. The second-order valence-corrected chi connectivity index (χ2v) is 5.37. The molecule has 1 spiro atoms. The van der Waals surface area contributed by atoms with Crippen molar-refractivity contribution in [3.05, 3.63) is 12.2 Å². The molecule has 2 aliphatic rings. The van der Waals surface area contributed by atoms with Crippen LogP contribution in [0.3, 0.4) is 0 Å². The molecular weight excluding hydrogens is 200 g/mol. The largest absolute Gasteiger partial charge is 0.460 e. The molecule has 1 saturated heterocycles. The van der Waals surface area contributed by atoms with Crippen molar-refractivity contribution in [2.45, 2.75) is 51.9 Å². The smallest absolute Gasteiger partial charge is 0.316 e. The standard InChI is InChI=1S/C14H22O2/c1-3-4-6-12-7-5-8-14(9-12)11(2)10-16-13(14)15/h12H,2-10H2,1H3/t12-,14-/m1/s1. The average molecular weight is 222 g/mol. The molecule has 1 saturated carbocycles. The molecule has 0 radical (unpaired) electrons. The summed E-state index contributed by atoms with van der Waals surface area (Å²) in [5, 5.41) is 0. The molecule has 2 rings (SSSR count). The lowest BCUT2D eigenvalue weighted by atomic mass is 9.66. The van der Waals surface area contributed by atoms with E-state index in [0.29, 0.717) is 12.5 Å². The van der Waals surface area contributed by atoms with E-state index < -0.39 is 0 Å². The van der Waals surface area contributed by atoms with E-state index in [1.165, 1.54) is 25.7 Å². The van der Waals surface area contributed by atoms with E-state index in [4.69, 9.17) is 4.74 Å². The maximum Gasteiger partial charge on any atom is 0.316 e. The van der Waals surface area contributed by atoms with E-state index >= 15 is 0 Å². The van der Waals surface area contributed by atoms with Crippen molar-refractivity contribution >= 4 is 5.97 Å². The first-order chi connectivity index (χ1) is 7.69. The van der Waals surface area contributed by atoms with Crippen LogP contribution in [-0.4, -0.2) is 12.6 Å². The van der Waals surface area contributed by atoms with Gasteiger partial charge in [0.25, 0.3) is 0 Å². The number of ether oxygens (including phenoxy) is 1. The Labute approximate surface area is 98.1 Å². The van der Waals surface area contributed by atoms with Crippen LogP contribution in [0.2, 0.25) is 0 Å². The molecule has 0 amide bonds. The monoisotopic (exact) mass is 222 g/mol. The second-order valence-electron chi connectivity index (χ2n) is 5.37. The third-order valence-electron chi connectivity index (χ3n) is 4.26. The fourth-order valence-corrected chi connectivity index (χ4v) is 3.21. The van der Waals surface area contributed by atoms with Crippen molar-refractivity contribution < 1.29 is 9.53 Å². The Kier molecular flexibility index (Phi) is 3.36. The first kappa shape index (κ1) is 11.7. The van der Waals surface area contributed by atoms with Gasteiger partial charge in [0.2, 0.25) is 0 Å². The minimum atomic E-state index is -0.295. The summed E-state index contributed by atoms with van der Waals surface area (Å²) in [5.74, 6) is 0.704. The molecule has 1 aliphatic carbocycles. The number of carbonyl (C=O) groups is 1. The van der Waals surface area contributed by atoms with Gasteiger partial charge in [-0.05, 0) is 24.3 Å². The van der Waals surface area contributed by atoms with E-state index in [2.05, 4.69) is 13.5 Å². The molecule has 2 nitrogen and oxygen atoms in total. The topological polar surface area (TPSA) is 26.3 Å². The van der Waals surface area contributed by atoms with Crippen molar-refractivity contribution in [3.8, 4) is 0 Å². The fraction of sp³-hybridized carbons (Fsp3) is 0.786. The quantitative estimate of drug-likeness (QED) is 0.540. The van der Waals surface area contributed by atoms with E-state index in [9.17, 15) is 4.79 Å². The highest BCUT2D eigenvalue weighted by Gasteiger charge is 2.49. The van der Waals surface area contributed by atoms with Crippen molar-refractivity contribution in [2.24, 2.45) is 11.3 Å². The lowest BCUT2D eigenvalue weighted by Gasteiger charge is -2.35. The molecule has 2 fully saturated rings. The summed E-state index contributed by atoms with van der Waals surface area (Å²) in [6.07, 6.45) is 8.18. The summed E-state index contributed by atoms with van der Waals surface area (Å²) in [6, 6.07) is 0. The van der Waals surface area contributed by atoms with Crippen LogP contribution in [0.1, 0.15) is 51.9 Å². The van der Waals surface area contributed by atoms with Crippen LogP contribution in [0, 0.1) is 11.3 Å². The zero-order chi connectivity index (χ0) is 11.6. The van der Waals surface area contributed by atoms with Gasteiger partial charge in [0.1, 0.15) is 6.61 Å². The Hall–Kier alpha value is -0.790. The van der Waals surface area contributed by atoms with Crippen LogP contribution in [0.4, 0.5) is 0 Å². The lowest BCUT2D eigenvalue weighted by molar-refractivity contribution is -0.148. The summed E-state index contributed by atoms with van der Waals surface area (Å²) < 4.78 is 5.17. The minimum absolute atomic E-state index is 0.00121. The molecular formula is C14H22O2. The second kappa shape index (κ2) is 4.60. The van der Waals surface area contributed by atoms with E-state index in [1.54, 1.807) is 0 Å². The molecule has 16 heavy (non-hydrogen) atoms. The van der Waals surface area contributed by atoms with E-state index in [-0.39, 0.29) is 11.4 Å². The van der Waals surface area contributed by atoms with Gasteiger partial charge >= 0.3 is 5.97 Å². The normalized spacial score (nSPS) is 34.4. The highest BCUT2D eigenvalue weighted by Crippen LogP contribution is 2.49. The first-order valence-electron chi connectivity index (χ1n) is 6.54. The van der Waals surface area contributed by atoms with Crippen molar-refractivity contribution in [1.29, 1.82) is 0 Å². The molecule has 2 atom stereocenters. The van der Waals surface area contributed by atoms with Gasteiger partial charge in [0, 0.05) is 0 Å². The van der Waals surface area contributed by atoms with Crippen molar-refractivity contribution in [3.63, 3.8) is 0 Å². The van der Waals surface area contributed by atoms with Gasteiger partial charge < -0.3 is 4.74 Å². The van der Waals surface area contributed by atoms with Gasteiger partial charge in [-0.3, -0.25) is 4.79 Å².